The predicted octanol–water partition coefficient (Wildman–Crippen LogP) is 2.79. The average molecular weight is 312 g/mol. The van der Waals surface area contributed by atoms with Crippen molar-refractivity contribution in [3.63, 3.8) is 0 Å². The summed E-state index contributed by atoms with van der Waals surface area (Å²) in [5, 5.41) is 10.9. The van der Waals surface area contributed by atoms with Gasteiger partial charge in [0.1, 0.15) is 0 Å². The smallest absolute Gasteiger partial charge is 0.321 e. The lowest BCUT2D eigenvalue weighted by Gasteiger charge is -2.35. The Morgan fingerprint density at radius 2 is 2.15 bits per heavy atom. The van der Waals surface area contributed by atoms with Gasteiger partial charge in [-0.25, -0.2) is 9.42 Å². The average Bonchev–Trinajstić information content (AvgIpc) is 2.60. The number of amides is 1. The summed E-state index contributed by atoms with van der Waals surface area (Å²) < 4.78 is 1.81. The first-order valence-corrected chi connectivity index (χ1v) is 8.65. The molecule has 0 aromatic carbocycles. The maximum atomic E-state index is 12.6. The molecule has 1 N–H and O–H groups in total. The fourth-order valence-corrected chi connectivity index (χ4v) is 4.66. The van der Waals surface area contributed by atoms with Crippen molar-refractivity contribution in [2.24, 2.45) is 5.92 Å². The summed E-state index contributed by atoms with van der Waals surface area (Å²) in [6.45, 7) is 0. The van der Waals surface area contributed by atoms with Crippen molar-refractivity contribution < 1.29 is 14.7 Å². The number of fused-ring (bicyclic) bond motifs is 2. The van der Waals surface area contributed by atoms with Gasteiger partial charge in [0, 0.05) is 28.0 Å². The van der Waals surface area contributed by atoms with Crippen LogP contribution in [0, 0.1) is 5.92 Å². The highest BCUT2D eigenvalue weighted by Gasteiger charge is 2.45. The highest BCUT2D eigenvalue weighted by atomic mass is 32.2. The van der Waals surface area contributed by atoms with Gasteiger partial charge in [-0.05, 0) is 31.9 Å². The number of aliphatic carboxylic acids is 1. The van der Waals surface area contributed by atoms with E-state index in [2.05, 4.69) is 0 Å². The van der Waals surface area contributed by atoms with Gasteiger partial charge in [0.25, 0.3) is 5.91 Å². The standard InChI is InChI=1S/C13H16N2O3S2/c1-19-10-7-14-15(12(16)11(10)13(17)18)8-5-3-2-4-6-9(8)20-14/h7,11H,2-6H2,1H3,(H,17,18). The Hall–Kier alpha value is -1.08. The van der Waals surface area contributed by atoms with Gasteiger partial charge in [0.15, 0.2) is 5.92 Å². The molecule has 2 heterocycles. The lowest BCUT2D eigenvalue weighted by molar-refractivity contribution is -0.152. The van der Waals surface area contributed by atoms with Crippen LogP contribution in [-0.2, 0) is 9.59 Å². The van der Waals surface area contributed by atoms with Gasteiger partial charge in [0.05, 0.1) is 5.70 Å². The van der Waals surface area contributed by atoms with E-state index in [0.717, 1.165) is 31.4 Å². The number of hydrogen-bond acceptors (Lipinski definition) is 5. The summed E-state index contributed by atoms with van der Waals surface area (Å²) in [5.74, 6) is -2.45. The highest BCUT2D eigenvalue weighted by molar-refractivity contribution is 8.02. The summed E-state index contributed by atoms with van der Waals surface area (Å²) in [6.07, 6.45) is 8.83. The zero-order valence-electron chi connectivity index (χ0n) is 11.2. The van der Waals surface area contributed by atoms with E-state index in [-0.39, 0.29) is 5.91 Å². The third kappa shape index (κ3) is 2.13. The molecule has 1 amide bonds. The quantitative estimate of drug-likeness (QED) is 0.625. The zero-order valence-corrected chi connectivity index (χ0v) is 12.8. The minimum Gasteiger partial charge on any atom is -0.480 e. The van der Waals surface area contributed by atoms with Crippen LogP contribution < -0.4 is 0 Å². The summed E-state index contributed by atoms with van der Waals surface area (Å²) in [5.41, 5.74) is 1.01. The molecule has 0 aromatic heterocycles. The van der Waals surface area contributed by atoms with E-state index in [1.165, 1.54) is 23.1 Å². The molecule has 20 heavy (non-hydrogen) atoms. The molecule has 5 nitrogen and oxygen atoms in total. The Morgan fingerprint density at radius 3 is 2.85 bits per heavy atom. The van der Waals surface area contributed by atoms with E-state index in [0.29, 0.717) is 4.91 Å². The molecule has 3 rings (SSSR count). The molecule has 7 heteroatoms. The molecule has 1 unspecified atom stereocenters. The van der Waals surface area contributed by atoms with E-state index >= 15 is 0 Å². The van der Waals surface area contributed by atoms with Gasteiger partial charge >= 0.3 is 5.97 Å². The molecule has 0 spiro atoms. The van der Waals surface area contributed by atoms with Crippen LogP contribution in [0.5, 0.6) is 0 Å². The second-order valence-electron chi connectivity index (χ2n) is 4.98. The summed E-state index contributed by atoms with van der Waals surface area (Å²) >= 11 is 2.90. The molecule has 108 valence electrons. The third-order valence-corrected chi connectivity index (χ3v) is 5.68. The molecule has 0 bridgehead atoms. The van der Waals surface area contributed by atoms with Crippen molar-refractivity contribution in [3.8, 4) is 0 Å². The molecule has 3 aliphatic rings. The molecule has 0 aromatic rings. The Balaban J connectivity index is 1.98. The van der Waals surface area contributed by atoms with E-state index in [1.807, 2.05) is 10.7 Å². The van der Waals surface area contributed by atoms with Gasteiger partial charge < -0.3 is 5.11 Å². The number of carboxylic acids is 1. The summed E-state index contributed by atoms with van der Waals surface area (Å²) in [4.78, 5) is 25.8. The van der Waals surface area contributed by atoms with E-state index in [9.17, 15) is 14.7 Å². The van der Waals surface area contributed by atoms with Crippen LogP contribution in [0.15, 0.2) is 21.7 Å². The van der Waals surface area contributed by atoms with Gasteiger partial charge in [0.2, 0.25) is 0 Å². The molecule has 0 saturated carbocycles. The van der Waals surface area contributed by atoms with E-state index in [4.69, 9.17) is 0 Å². The second kappa shape index (κ2) is 5.37. The fourth-order valence-electron chi connectivity index (χ4n) is 2.77. The van der Waals surface area contributed by atoms with E-state index in [1.54, 1.807) is 23.2 Å². The number of hydrazine groups is 1. The van der Waals surface area contributed by atoms with Crippen molar-refractivity contribution in [1.82, 2.24) is 9.42 Å². The molecule has 1 atom stereocenters. The number of nitrogens with zero attached hydrogens (tertiary/aromatic N) is 2. The molecule has 0 fully saturated rings. The number of allylic oxidation sites excluding steroid dienone is 2. The SMILES string of the molecule is CSC1=CN2SC3=C(CCCCC3)N2C(=O)C1C(=O)O. The maximum Gasteiger partial charge on any atom is 0.321 e. The largest absolute Gasteiger partial charge is 0.480 e. The highest BCUT2D eigenvalue weighted by Crippen LogP contribution is 2.47. The number of carboxylic acid groups (broad SMARTS) is 1. The van der Waals surface area contributed by atoms with Crippen molar-refractivity contribution in [1.29, 1.82) is 0 Å². The third-order valence-electron chi connectivity index (χ3n) is 3.76. The molecular weight excluding hydrogens is 296 g/mol. The van der Waals surface area contributed by atoms with Gasteiger partial charge in [-0.15, -0.1) is 11.8 Å². The Bertz CT molecular complexity index is 530. The minimum absolute atomic E-state index is 0.330. The van der Waals surface area contributed by atoms with Crippen LogP contribution in [0.25, 0.3) is 0 Å². The van der Waals surface area contributed by atoms with Crippen LogP contribution >= 0.6 is 23.7 Å². The van der Waals surface area contributed by atoms with Crippen molar-refractivity contribution >= 4 is 35.6 Å². The lowest BCUT2D eigenvalue weighted by atomic mass is 10.1. The Morgan fingerprint density at radius 1 is 1.40 bits per heavy atom. The Kier molecular flexibility index (Phi) is 3.72. The van der Waals surface area contributed by atoms with Crippen molar-refractivity contribution in [2.45, 2.75) is 32.1 Å². The number of carbonyl (C=O) groups excluding carboxylic acids is 1. The summed E-state index contributed by atoms with van der Waals surface area (Å²) in [6, 6.07) is 0. The molecule has 0 saturated heterocycles. The van der Waals surface area contributed by atoms with E-state index < -0.39 is 11.9 Å². The number of thioether (sulfide) groups is 1. The van der Waals surface area contributed by atoms with Gasteiger partial charge in [-0.3, -0.25) is 9.59 Å². The number of rotatable bonds is 2. The second-order valence-corrected chi connectivity index (χ2v) is 6.91. The molecular formula is C13H16N2O3S2. The monoisotopic (exact) mass is 312 g/mol. The molecule has 0 radical (unpaired) electrons. The predicted molar refractivity (Wildman–Crippen MR) is 79.1 cm³/mol. The van der Waals surface area contributed by atoms with Crippen LogP contribution in [0.1, 0.15) is 32.1 Å². The number of carbonyl (C=O) groups is 2. The maximum absolute atomic E-state index is 12.6. The van der Waals surface area contributed by atoms with Gasteiger partial charge in [-0.2, -0.15) is 0 Å². The molecule has 1 aliphatic carbocycles. The normalized spacial score (nSPS) is 26.1. The van der Waals surface area contributed by atoms with Crippen LogP contribution in [-0.4, -0.2) is 32.7 Å². The van der Waals surface area contributed by atoms with Crippen LogP contribution in [0.4, 0.5) is 0 Å². The first-order valence-electron chi connectivity index (χ1n) is 6.65. The first kappa shape index (κ1) is 13.9. The van der Waals surface area contributed by atoms with Crippen LogP contribution in [0.2, 0.25) is 0 Å². The minimum atomic E-state index is -1.07. The number of hydrogen-bond donors (Lipinski definition) is 1. The zero-order chi connectivity index (χ0) is 14.3. The van der Waals surface area contributed by atoms with Crippen molar-refractivity contribution in [2.75, 3.05) is 6.26 Å². The topological polar surface area (TPSA) is 60.9 Å². The molecule has 2 aliphatic heterocycles. The van der Waals surface area contributed by atoms with Crippen LogP contribution in [0.3, 0.4) is 0 Å². The Labute approximate surface area is 126 Å². The van der Waals surface area contributed by atoms with Crippen molar-refractivity contribution in [3.05, 3.63) is 21.7 Å². The van der Waals surface area contributed by atoms with Gasteiger partial charge in [-0.1, -0.05) is 6.42 Å². The lowest BCUT2D eigenvalue weighted by Crippen LogP contribution is -2.46. The fraction of sp³-hybridized carbons (Fsp3) is 0.538. The first-order chi connectivity index (χ1) is 9.63. The summed E-state index contributed by atoms with van der Waals surface area (Å²) in [7, 11) is 0.